The van der Waals surface area contributed by atoms with Crippen molar-refractivity contribution in [3.63, 3.8) is 0 Å². The highest BCUT2D eigenvalue weighted by Gasteiger charge is 2.57. The molecular weight excluding hydrogens is 258 g/mol. The first-order chi connectivity index (χ1) is 9.67. The van der Waals surface area contributed by atoms with Crippen LogP contribution < -0.4 is 0 Å². The van der Waals surface area contributed by atoms with E-state index < -0.39 is 5.41 Å². The van der Waals surface area contributed by atoms with Gasteiger partial charge in [-0.1, -0.05) is 5.16 Å². The third kappa shape index (κ3) is 1.97. The molecule has 0 bridgehead atoms. The van der Waals surface area contributed by atoms with Gasteiger partial charge in [0, 0.05) is 18.0 Å². The molecule has 0 radical (unpaired) electrons. The molecule has 2 aromatic heterocycles. The Balaban J connectivity index is 1.92. The van der Waals surface area contributed by atoms with Crippen molar-refractivity contribution >= 4 is 5.97 Å². The number of hydrogen-bond acceptors (Lipinski definition) is 6. The van der Waals surface area contributed by atoms with Crippen LogP contribution in [0, 0.1) is 6.92 Å². The zero-order valence-corrected chi connectivity index (χ0v) is 11.4. The van der Waals surface area contributed by atoms with Gasteiger partial charge in [0.15, 0.2) is 0 Å². The molecule has 2 aromatic rings. The van der Waals surface area contributed by atoms with Crippen molar-refractivity contribution < 1.29 is 14.1 Å². The summed E-state index contributed by atoms with van der Waals surface area (Å²) in [6, 6.07) is 1.88. The predicted octanol–water partition coefficient (Wildman–Crippen LogP) is 2.03. The van der Waals surface area contributed by atoms with E-state index in [1.54, 1.807) is 19.3 Å². The molecule has 1 fully saturated rings. The van der Waals surface area contributed by atoms with Crippen molar-refractivity contribution in [2.24, 2.45) is 0 Å². The first kappa shape index (κ1) is 12.8. The Hall–Kier alpha value is -2.24. The van der Waals surface area contributed by atoms with Crippen LogP contribution in [0.2, 0.25) is 0 Å². The second-order valence-corrected chi connectivity index (χ2v) is 4.92. The number of aromatic nitrogens is 3. The molecule has 1 aliphatic carbocycles. The summed E-state index contributed by atoms with van der Waals surface area (Å²) in [5.41, 5.74) is 1.09. The van der Waals surface area contributed by atoms with Gasteiger partial charge in [-0.3, -0.25) is 9.78 Å². The lowest BCUT2D eigenvalue weighted by Crippen LogP contribution is -2.23. The number of aryl methyl sites for hydroxylation is 1. The van der Waals surface area contributed by atoms with Crippen LogP contribution in [0.3, 0.4) is 0 Å². The lowest BCUT2D eigenvalue weighted by atomic mass is 10.1. The van der Waals surface area contributed by atoms with Gasteiger partial charge in [0.05, 0.1) is 6.61 Å². The van der Waals surface area contributed by atoms with E-state index >= 15 is 0 Å². The summed E-state index contributed by atoms with van der Waals surface area (Å²) >= 11 is 0. The summed E-state index contributed by atoms with van der Waals surface area (Å²) < 4.78 is 10.4. The molecule has 1 saturated carbocycles. The van der Waals surface area contributed by atoms with Crippen LogP contribution in [0.1, 0.15) is 31.2 Å². The zero-order valence-electron chi connectivity index (χ0n) is 11.4. The van der Waals surface area contributed by atoms with E-state index in [9.17, 15) is 4.79 Å². The van der Waals surface area contributed by atoms with E-state index in [0.29, 0.717) is 31.2 Å². The van der Waals surface area contributed by atoms with Gasteiger partial charge in [0.1, 0.15) is 5.41 Å². The van der Waals surface area contributed by atoms with Crippen molar-refractivity contribution in [2.75, 3.05) is 6.61 Å². The molecule has 0 aliphatic heterocycles. The topological polar surface area (TPSA) is 78.1 Å². The number of carbonyl (C=O) groups excluding carboxylic acids is 1. The molecule has 0 amide bonds. The van der Waals surface area contributed by atoms with Crippen molar-refractivity contribution in [2.45, 2.75) is 32.1 Å². The Labute approximate surface area is 116 Å². The van der Waals surface area contributed by atoms with Gasteiger partial charge in [0.2, 0.25) is 11.7 Å². The van der Waals surface area contributed by atoms with Crippen LogP contribution in [-0.4, -0.2) is 27.7 Å². The smallest absolute Gasteiger partial charge is 0.321 e. The lowest BCUT2D eigenvalue weighted by Gasteiger charge is -2.08. The molecular formula is C14H15N3O3. The van der Waals surface area contributed by atoms with Gasteiger partial charge < -0.3 is 9.26 Å². The molecule has 0 atom stereocenters. The van der Waals surface area contributed by atoms with E-state index in [4.69, 9.17) is 9.26 Å². The monoisotopic (exact) mass is 273 g/mol. The van der Waals surface area contributed by atoms with Crippen molar-refractivity contribution in [1.29, 1.82) is 0 Å². The second kappa shape index (κ2) is 4.70. The SMILES string of the molecule is CCOC(=O)C1(c2nc(-c3cnccc3C)no2)CC1. The molecule has 104 valence electrons. The van der Waals surface area contributed by atoms with Crippen molar-refractivity contribution in [3.8, 4) is 11.4 Å². The van der Waals surface area contributed by atoms with Gasteiger partial charge in [-0.15, -0.1) is 0 Å². The van der Waals surface area contributed by atoms with Gasteiger partial charge >= 0.3 is 5.97 Å². The summed E-state index contributed by atoms with van der Waals surface area (Å²) in [7, 11) is 0. The summed E-state index contributed by atoms with van der Waals surface area (Å²) in [5.74, 6) is 0.522. The van der Waals surface area contributed by atoms with E-state index in [2.05, 4.69) is 15.1 Å². The van der Waals surface area contributed by atoms with Gasteiger partial charge in [-0.25, -0.2) is 0 Å². The minimum absolute atomic E-state index is 0.280. The van der Waals surface area contributed by atoms with Gasteiger partial charge in [-0.2, -0.15) is 4.98 Å². The highest BCUT2D eigenvalue weighted by atomic mass is 16.5. The Morgan fingerprint density at radius 3 is 2.95 bits per heavy atom. The number of pyridine rings is 1. The molecule has 0 N–H and O–H groups in total. The van der Waals surface area contributed by atoms with E-state index in [1.165, 1.54) is 0 Å². The Kier molecular flexibility index (Phi) is 3.00. The molecule has 3 rings (SSSR count). The molecule has 0 aromatic carbocycles. The molecule has 0 saturated heterocycles. The molecule has 6 nitrogen and oxygen atoms in total. The Bertz CT molecular complexity index is 647. The number of esters is 1. The number of hydrogen-bond donors (Lipinski definition) is 0. The lowest BCUT2D eigenvalue weighted by molar-refractivity contribution is -0.146. The normalized spacial score (nSPS) is 15.9. The van der Waals surface area contributed by atoms with E-state index in [0.717, 1.165) is 11.1 Å². The highest BCUT2D eigenvalue weighted by Crippen LogP contribution is 2.48. The zero-order chi connectivity index (χ0) is 14.2. The summed E-state index contributed by atoms with van der Waals surface area (Å²) in [4.78, 5) is 20.4. The maximum absolute atomic E-state index is 12.0. The average Bonchev–Trinajstić information content (AvgIpc) is 3.12. The molecule has 1 aliphatic rings. The van der Waals surface area contributed by atoms with Crippen molar-refractivity contribution in [1.82, 2.24) is 15.1 Å². The first-order valence-electron chi connectivity index (χ1n) is 6.60. The molecule has 6 heteroatoms. The first-order valence-corrected chi connectivity index (χ1v) is 6.60. The van der Waals surface area contributed by atoms with E-state index in [1.807, 2.05) is 13.0 Å². The fraction of sp³-hybridized carbons (Fsp3) is 0.429. The van der Waals surface area contributed by atoms with Crippen LogP contribution in [0.4, 0.5) is 0 Å². The fourth-order valence-corrected chi connectivity index (χ4v) is 2.12. The highest BCUT2D eigenvalue weighted by molar-refractivity contribution is 5.85. The molecule has 0 spiro atoms. The van der Waals surface area contributed by atoms with Crippen LogP contribution in [0.15, 0.2) is 23.0 Å². The maximum atomic E-state index is 12.0. The minimum Gasteiger partial charge on any atom is -0.465 e. The summed E-state index contributed by atoms with van der Waals surface area (Å²) in [6.45, 7) is 4.08. The largest absolute Gasteiger partial charge is 0.465 e. The summed E-state index contributed by atoms with van der Waals surface area (Å²) in [5, 5.41) is 3.96. The quantitative estimate of drug-likeness (QED) is 0.793. The third-order valence-electron chi connectivity index (χ3n) is 3.53. The van der Waals surface area contributed by atoms with Gasteiger partial charge in [0.25, 0.3) is 0 Å². The average molecular weight is 273 g/mol. The van der Waals surface area contributed by atoms with Crippen LogP contribution in [0.5, 0.6) is 0 Å². The maximum Gasteiger partial charge on any atom is 0.321 e. The number of nitrogens with zero attached hydrogens (tertiary/aromatic N) is 3. The van der Waals surface area contributed by atoms with Crippen LogP contribution in [0.25, 0.3) is 11.4 Å². The standard InChI is InChI=1S/C14H15N3O3/c1-3-19-13(18)14(5-6-14)12-16-11(17-20-12)10-8-15-7-4-9(10)2/h4,7-8H,3,5-6H2,1-2H3. The van der Waals surface area contributed by atoms with E-state index in [-0.39, 0.29) is 5.97 Å². The Morgan fingerprint density at radius 1 is 1.50 bits per heavy atom. The minimum atomic E-state index is -0.725. The number of ether oxygens (including phenoxy) is 1. The summed E-state index contributed by atoms with van der Waals surface area (Å²) in [6.07, 6.45) is 4.79. The van der Waals surface area contributed by atoms with Crippen molar-refractivity contribution in [3.05, 3.63) is 29.9 Å². The fourth-order valence-electron chi connectivity index (χ4n) is 2.12. The Morgan fingerprint density at radius 2 is 2.30 bits per heavy atom. The third-order valence-corrected chi connectivity index (χ3v) is 3.53. The molecule has 0 unspecified atom stereocenters. The van der Waals surface area contributed by atoms with Gasteiger partial charge in [-0.05, 0) is 38.3 Å². The second-order valence-electron chi connectivity index (χ2n) is 4.92. The number of carbonyl (C=O) groups is 1. The molecule has 2 heterocycles. The predicted molar refractivity (Wildman–Crippen MR) is 69.8 cm³/mol. The molecule has 20 heavy (non-hydrogen) atoms. The number of rotatable bonds is 4. The van der Waals surface area contributed by atoms with Crippen LogP contribution >= 0.6 is 0 Å². The van der Waals surface area contributed by atoms with Crippen LogP contribution in [-0.2, 0) is 14.9 Å².